The van der Waals surface area contributed by atoms with Crippen LogP contribution in [0.2, 0.25) is 0 Å². The third-order valence-corrected chi connectivity index (χ3v) is 3.38. The number of carbonyl (C=O) groups is 1. The fourth-order valence-corrected chi connectivity index (χ4v) is 2.50. The van der Waals surface area contributed by atoms with Crippen molar-refractivity contribution in [3.05, 3.63) is 47.3 Å². The Bertz CT molecular complexity index is 784. The Labute approximate surface area is 105 Å². The van der Waals surface area contributed by atoms with Crippen molar-refractivity contribution in [1.82, 2.24) is 9.38 Å². The van der Waals surface area contributed by atoms with E-state index in [9.17, 15) is 4.79 Å². The third-order valence-electron chi connectivity index (χ3n) is 3.38. The number of rotatable bonds is 1. The molecular formula is C15H14N2O. The highest BCUT2D eigenvalue weighted by Gasteiger charge is 2.13. The van der Waals surface area contributed by atoms with Crippen molar-refractivity contribution in [2.75, 3.05) is 0 Å². The van der Waals surface area contributed by atoms with Gasteiger partial charge in [-0.25, -0.2) is 4.98 Å². The lowest BCUT2D eigenvalue weighted by molar-refractivity contribution is 0.101. The van der Waals surface area contributed by atoms with Gasteiger partial charge in [-0.05, 0) is 31.0 Å². The molecule has 0 unspecified atom stereocenters. The number of hydrogen-bond donors (Lipinski definition) is 0. The van der Waals surface area contributed by atoms with Gasteiger partial charge >= 0.3 is 0 Å². The molecule has 0 saturated heterocycles. The van der Waals surface area contributed by atoms with Crippen molar-refractivity contribution in [3.8, 4) is 0 Å². The maximum atomic E-state index is 11.7. The van der Waals surface area contributed by atoms with E-state index in [-0.39, 0.29) is 5.78 Å². The van der Waals surface area contributed by atoms with Crippen LogP contribution in [0, 0.1) is 13.8 Å². The Morgan fingerprint density at radius 3 is 2.72 bits per heavy atom. The van der Waals surface area contributed by atoms with Crippen LogP contribution in [0.25, 0.3) is 16.6 Å². The number of imidazole rings is 1. The van der Waals surface area contributed by atoms with Crippen LogP contribution in [0.4, 0.5) is 0 Å². The highest BCUT2D eigenvalue weighted by molar-refractivity contribution is 5.97. The average Bonchev–Trinajstić information content (AvgIpc) is 2.73. The summed E-state index contributed by atoms with van der Waals surface area (Å²) in [5, 5.41) is 1.17. The third kappa shape index (κ3) is 1.37. The second-order valence-electron chi connectivity index (χ2n) is 4.69. The van der Waals surface area contributed by atoms with Gasteiger partial charge in [-0.15, -0.1) is 0 Å². The number of hydrogen-bond acceptors (Lipinski definition) is 2. The summed E-state index contributed by atoms with van der Waals surface area (Å²) in [6.45, 7) is 5.71. The van der Waals surface area contributed by atoms with Crippen LogP contribution in [-0.2, 0) is 0 Å². The highest BCUT2D eigenvalue weighted by atomic mass is 16.1. The van der Waals surface area contributed by atoms with E-state index in [1.54, 1.807) is 13.1 Å². The number of aryl methyl sites for hydroxylation is 2. The van der Waals surface area contributed by atoms with Crippen molar-refractivity contribution in [2.24, 2.45) is 0 Å². The number of para-hydroxylation sites is 1. The number of ketones is 1. The first-order chi connectivity index (χ1) is 8.59. The SMILES string of the molecule is CC(=O)c1cnc2cc(C)c3cccc(C)c3n12. The van der Waals surface area contributed by atoms with E-state index in [4.69, 9.17) is 0 Å². The lowest BCUT2D eigenvalue weighted by Crippen LogP contribution is -2.01. The van der Waals surface area contributed by atoms with Crippen LogP contribution in [0.15, 0.2) is 30.5 Å². The molecule has 0 aliphatic heterocycles. The van der Waals surface area contributed by atoms with Crippen molar-refractivity contribution >= 4 is 22.3 Å². The highest BCUT2D eigenvalue weighted by Crippen LogP contribution is 2.25. The first-order valence-corrected chi connectivity index (χ1v) is 5.97. The zero-order chi connectivity index (χ0) is 12.9. The van der Waals surface area contributed by atoms with Crippen LogP contribution in [0.1, 0.15) is 28.5 Å². The van der Waals surface area contributed by atoms with Crippen LogP contribution < -0.4 is 0 Å². The van der Waals surface area contributed by atoms with E-state index in [1.165, 1.54) is 10.9 Å². The van der Waals surface area contributed by atoms with Crippen molar-refractivity contribution in [2.45, 2.75) is 20.8 Å². The number of aromatic nitrogens is 2. The molecule has 3 rings (SSSR count). The summed E-state index contributed by atoms with van der Waals surface area (Å²) < 4.78 is 1.96. The summed E-state index contributed by atoms with van der Waals surface area (Å²) in [5.41, 5.74) is 4.89. The molecule has 1 aromatic carbocycles. The molecule has 0 N–H and O–H groups in total. The van der Waals surface area contributed by atoms with Gasteiger partial charge in [0.25, 0.3) is 0 Å². The summed E-state index contributed by atoms with van der Waals surface area (Å²) in [4.78, 5) is 16.0. The van der Waals surface area contributed by atoms with Crippen LogP contribution in [-0.4, -0.2) is 15.2 Å². The lowest BCUT2D eigenvalue weighted by Gasteiger charge is -2.10. The Morgan fingerprint density at radius 1 is 1.22 bits per heavy atom. The van der Waals surface area contributed by atoms with Gasteiger partial charge in [0.15, 0.2) is 5.78 Å². The molecule has 0 fully saturated rings. The van der Waals surface area contributed by atoms with Gasteiger partial charge in [0.05, 0.1) is 11.7 Å². The average molecular weight is 238 g/mol. The van der Waals surface area contributed by atoms with Gasteiger partial charge in [0.2, 0.25) is 0 Å². The molecule has 3 heteroatoms. The molecule has 2 heterocycles. The summed E-state index contributed by atoms with van der Waals surface area (Å²) in [7, 11) is 0. The minimum atomic E-state index is 0.0379. The molecule has 2 aromatic heterocycles. The second-order valence-corrected chi connectivity index (χ2v) is 4.69. The molecule has 18 heavy (non-hydrogen) atoms. The van der Waals surface area contributed by atoms with Crippen molar-refractivity contribution < 1.29 is 4.79 Å². The smallest absolute Gasteiger partial charge is 0.178 e. The molecule has 0 spiro atoms. The van der Waals surface area contributed by atoms with Gasteiger partial charge in [0.1, 0.15) is 11.3 Å². The zero-order valence-corrected chi connectivity index (χ0v) is 10.7. The monoisotopic (exact) mass is 238 g/mol. The molecule has 0 aliphatic rings. The van der Waals surface area contributed by atoms with Gasteiger partial charge in [-0.1, -0.05) is 18.2 Å². The number of carbonyl (C=O) groups excluding carboxylic acids is 1. The summed E-state index contributed by atoms with van der Waals surface area (Å²) >= 11 is 0. The number of fused-ring (bicyclic) bond motifs is 3. The standard InChI is InChI=1S/C15H14N2O/c1-9-5-4-6-12-10(2)7-14-16-8-13(11(3)18)17(14)15(9)12/h4-8H,1-3H3. The predicted molar refractivity (Wildman–Crippen MR) is 72.2 cm³/mol. The molecule has 0 aliphatic carbocycles. The van der Waals surface area contributed by atoms with Crippen LogP contribution in [0.5, 0.6) is 0 Å². The number of nitrogens with zero attached hydrogens (tertiary/aromatic N) is 2. The lowest BCUT2D eigenvalue weighted by atomic mass is 10.1. The topological polar surface area (TPSA) is 34.4 Å². The Balaban J connectivity index is 2.64. The minimum Gasteiger partial charge on any atom is -0.293 e. The summed E-state index contributed by atoms with van der Waals surface area (Å²) in [6, 6.07) is 8.21. The molecule has 0 bridgehead atoms. The van der Waals surface area contributed by atoms with E-state index in [0.717, 1.165) is 16.7 Å². The molecular weight excluding hydrogens is 224 g/mol. The first-order valence-electron chi connectivity index (χ1n) is 5.97. The second kappa shape index (κ2) is 3.67. The predicted octanol–water partition coefficient (Wildman–Crippen LogP) is 3.31. The maximum absolute atomic E-state index is 11.7. The Hall–Kier alpha value is -2.16. The van der Waals surface area contributed by atoms with Crippen LogP contribution in [0.3, 0.4) is 0 Å². The van der Waals surface area contributed by atoms with E-state index in [0.29, 0.717) is 5.69 Å². The number of Topliss-reactive ketones (excluding diaryl/α,β-unsaturated/α-hetero) is 1. The first kappa shape index (κ1) is 11.0. The minimum absolute atomic E-state index is 0.0379. The Kier molecular flexibility index (Phi) is 2.23. The summed E-state index contributed by atoms with van der Waals surface area (Å²) in [5.74, 6) is 0.0379. The fraction of sp³-hybridized carbons (Fsp3) is 0.200. The Morgan fingerprint density at radius 2 is 2.00 bits per heavy atom. The molecule has 0 radical (unpaired) electrons. The molecule has 0 atom stereocenters. The zero-order valence-electron chi connectivity index (χ0n) is 10.7. The number of pyridine rings is 1. The van der Waals surface area contributed by atoms with E-state index >= 15 is 0 Å². The molecule has 3 aromatic rings. The van der Waals surface area contributed by atoms with E-state index in [2.05, 4.69) is 31.0 Å². The van der Waals surface area contributed by atoms with Gasteiger partial charge in [-0.3, -0.25) is 9.20 Å². The number of benzene rings is 1. The van der Waals surface area contributed by atoms with Gasteiger partial charge in [-0.2, -0.15) is 0 Å². The van der Waals surface area contributed by atoms with Gasteiger partial charge < -0.3 is 0 Å². The van der Waals surface area contributed by atoms with Crippen molar-refractivity contribution in [1.29, 1.82) is 0 Å². The summed E-state index contributed by atoms with van der Waals surface area (Å²) in [6.07, 6.45) is 1.66. The van der Waals surface area contributed by atoms with E-state index in [1.807, 2.05) is 16.5 Å². The molecule has 3 nitrogen and oxygen atoms in total. The van der Waals surface area contributed by atoms with Gasteiger partial charge in [0, 0.05) is 12.3 Å². The largest absolute Gasteiger partial charge is 0.293 e. The molecule has 0 saturated carbocycles. The quantitative estimate of drug-likeness (QED) is 0.609. The molecule has 0 amide bonds. The fourth-order valence-electron chi connectivity index (χ4n) is 2.50. The van der Waals surface area contributed by atoms with Crippen LogP contribution >= 0.6 is 0 Å². The van der Waals surface area contributed by atoms with E-state index < -0.39 is 0 Å². The molecule has 90 valence electrons. The normalized spacial score (nSPS) is 11.3. The maximum Gasteiger partial charge on any atom is 0.178 e. The van der Waals surface area contributed by atoms with Crippen molar-refractivity contribution in [3.63, 3.8) is 0 Å².